The van der Waals surface area contributed by atoms with Crippen molar-refractivity contribution in [3.63, 3.8) is 0 Å². The van der Waals surface area contributed by atoms with Crippen LogP contribution in [0.4, 0.5) is 5.69 Å². The van der Waals surface area contributed by atoms with Crippen molar-refractivity contribution in [1.29, 1.82) is 5.26 Å². The van der Waals surface area contributed by atoms with Crippen molar-refractivity contribution < 1.29 is 0 Å². The van der Waals surface area contributed by atoms with Gasteiger partial charge < -0.3 is 4.90 Å². The Labute approximate surface area is 106 Å². The zero-order chi connectivity index (χ0) is 12.3. The highest BCUT2D eigenvalue weighted by Gasteiger charge is 2.04. The van der Waals surface area contributed by atoms with Crippen LogP contribution in [-0.2, 0) is 6.54 Å². The SMILES string of the molecule is Cc1cc(N(C)Cc2ccsc2)ccc1C#N. The van der Waals surface area contributed by atoms with Gasteiger partial charge in [-0.25, -0.2) is 0 Å². The number of anilines is 1. The third-order valence-electron chi connectivity index (χ3n) is 2.77. The van der Waals surface area contributed by atoms with E-state index in [9.17, 15) is 0 Å². The minimum atomic E-state index is 0.748. The van der Waals surface area contributed by atoms with Gasteiger partial charge in [-0.05, 0) is 53.1 Å². The Morgan fingerprint density at radius 3 is 2.76 bits per heavy atom. The molecule has 86 valence electrons. The molecule has 0 atom stereocenters. The minimum absolute atomic E-state index is 0.748. The molecule has 0 radical (unpaired) electrons. The molecule has 0 saturated carbocycles. The van der Waals surface area contributed by atoms with Crippen LogP contribution in [0.1, 0.15) is 16.7 Å². The largest absolute Gasteiger partial charge is 0.370 e. The average Bonchev–Trinajstić information content (AvgIpc) is 2.81. The fourth-order valence-corrected chi connectivity index (χ4v) is 2.42. The molecule has 3 heteroatoms. The van der Waals surface area contributed by atoms with E-state index in [2.05, 4.69) is 40.9 Å². The number of hydrogen-bond donors (Lipinski definition) is 0. The summed E-state index contributed by atoms with van der Waals surface area (Å²) in [7, 11) is 2.07. The van der Waals surface area contributed by atoms with Gasteiger partial charge in [0.15, 0.2) is 0 Å². The molecule has 1 aromatic heterocycles. The molecule has 0 aliphatic heterocycles. The van der Waals surface area contributed by atoms with Crippen molar-refractivity contribution in [2.45, 2.75) is 13.5 Å². The molecule has 0 aliphatic carbocycles. The second-order valence-electron chi connectivity index (χ2n) is 4.10. The van der Waals surface area contributed by atoms with E-state index in [1.165, 1.54) is 5.56 Å². The molecule has 1 aromatic carbocycles. The Morgan fingerprint density at radius 1 is 1.35 bits per heavy atom. The third kappa shape index (κ3) is 2.66. The molecule has 2 rings (SSSR count). The summed E-state index contributed by atoms with van der Waals surface area (Å²) in [4.78, 5) is 2.19. The first-order valence-corrected chi connectivity index (χ1v) is 6.38. The first kappa shape index (κ1) is 11.7. The predicted octanol–water partition coefficient (Wildman–Crippen LogP) is 3.56. The predicted molar refractivity (Wildman–Crippen MR) is 72.3 cm³/mol. The molecular weight excluding hydrogens is 228 g/mol. The summed E-state index contributed by atoms with van der Waals surface area (Å²) >= 11 is 1.72. The van der Waals surface area contributed by atoms with Crippen LogP contribution in [0.3, 0.4) is 0 Å². The highest BCUT2D eigenvalue weighted by molar-refractivity contribution is 7.07. The smallest absolute Gasteiger partial charge is 0.0994 e. The molecule has 0 N–H and O–H groups in total. The van der Waals surface area contributed by atoms with E-state index in [1.54, 1.807) is 11.3 Å². The quantitative estimate of drug-likeness (QED) is 0.822. The van der Waals surface area contributed by atoms with Crippen molar-refractivity contribution in [1.82, 2.24) is 0 Å². The van der Waals surface area contributed by atoms with Crippen LogP contribution in [-0.4, -0.2) is 7.05 Å². The van der Waals surface area contributed by atoms with Gasteiger partial charge in [0.1, 0.15) is 0 Å². The van der Waals surface area contributed by atoms with Gasteiger partial charge >= 0.3 is 0 Å². The van der Waals surface area contributed by atoms with Crippen molar-refractivity contribution >= 4 is 17.0 Å². The summed E-state index contributed by atoms with van der Waals surface area (Å²) < 4.78 is 0. The van der Waals surface area contributed by atoms with Crippen LogP contribution in [0, 0.1) is 18.3 Å². The highest BCUT2D eigenvalue weighted by atomic mass is 32.1. The van der Waals surface area contributed by atoms with E-state index in [-0.39, 0.29) is 0 Å². The molecule has 0 unspecified atom stereocenters. The van der Waals surface area contributed by atoms with Crippen LogP contribution < -0.4 is 4.90 Å². The second-order valence-corrected chi connectivity index (χ2v) is 4.88. The van der Waals surface area contributed by atoms with E-state index < -0.39 is 0 Å². The number of thiophene rings is 1. The third-order valence-corrected chi connectivity index (χ3v) is 3.50. The molecule has 0 bridgehead atoms. The topological polar surface area (TPSA) is 27.0 Å². The van der Waals surface area contributed by atoms with Gasteiger partial charge in [-0.1, -0.05) is 0 Å². The molecule has 0 spiro atoms. The van der Waals surface area contributed by atoms with Crippen LogP contribution in [0.2, 0.25) is 0 Å². The zero-order valence-corrected chi connectivity index (χ0v) is 10.8. The van der Waals surface area contributed by atoms with Gasteiger partial charge in [0.25, 0.3) is 0 Å². The maximum Gasteiger partial charge on any atom is 0.0994 e. The van der Waals surface area contributed by atoms with Crippen LogP contribution >= 0.6 is 11.3 Å². The Morgan fingerprint density at radius 2 is 2.18 bits per heavy atom. The lowest BCUT2D eigenvalue weighted by molar-refractivity contribution is 0.926. The van der Waals surface area contributed by atoms with Gasteiger partial charge in [0.05, 0.1) is 11.6 Å². The molecule has 2 nitrogen and oxygen atoms in total. The fourth-order valence-electron chi connectivity index (χ4n) is 1.76. The molecule has 0 saturated heterocycles. The monoisotopic (exact) mass is 242 g/mol. The van der Waals surface area contributed by atoms with Gasteiger partial charge in [0.2, 0.25) is 0 Å². The maximum atomic E-state index is 8.89. The summed E-state index contributed by atoms with van der Waals surface area (Å²) in [5.41, 5.74) is 4.24. The summed E-state index contributed by atoms with van der Waals surface area (Å²) in [6.45, 7) is 2.87. The maximum absolute atomic E-state index is 8.89. The summed E-state index contributed by atoms with van der Waals surface area (Å²) in [6, 6.07) is 10.3. The van der Waals surface area contributed by atoms with Crippen molar-refractivity contribution in [2.75, 3.05) is 11.9 Å². The highest BCUT2D eigenvalue weighted by Crippen LogP contribution is 2.20. The van der Waals surface area contributed by atoms with E-state index in [1.807, 2.05) is 19.1 Å². The molecule has 17 heavy (non-hydrogen) atoms. The number of aryl methyl sites for hydroxylation is 1. The number of nitriles is 1. The Hall–Kier alpha value is -1.79. The standard InChI is InChI=1S/C14H14N2S/c1-11-7-14(4-3-13(11)8-15)16(2)9-12-5-6-17-10-12/h3-7,10H,9H2,1-2H3. The summed E-state index contributed by atoms with van der Waals surface area (Å²) in [6.07, 6.45) is 0. The first-order valence-electron chi connectivity index (χ1n) is 5.43. The van der Waals surface area contributed by atoms with Crippen LogP contribution in [0.15, 0.2) is 35.0 Å². The molecule has 1 heterocycles. The average molecular weight is 242 g/mol. The van der Waals surface area contributed by atoms with E-state index >= 15 is 0 Å². The van der Waals surface area contributed by atoms with Gasteiger partial charge in [-0.3, -0.25) is 0 Å². The molecule has 0 amide bonds. The van der Waals surface area contributed by atoms with Crippen LogP contribution in [0.5, 0.6) is 0 Å². The van der Waals surface area contributed by atoms with Gasteiger partial charge in [-0.15, -0.1) is 0 Å². The number of rotatable bonds is 3. The first-order chi connectivity index (χ1) is 8.20. The fraction of sp³-hybridized carbons (Fsp3) is 0.214. The van der Waals surface area contributed by atoms with E-state index in [4.69, 9.17) is 5.26 Å². The zero-order valence-electron chi connectivity index (χ0n) is 9.97. The normalized spacial score (nSPS) is 9.94. The van der Waals surface area contributed by atoms with E-state index in [0.717, 1.165) is 23.4 Å². The lowest BCUT2D eigenvalue weighted by Crippen LogP contribution is -2.15. The van der Waals surface area contributed by atoms with Crippen LogP contribution in [0.25, 0.3) is 0 Å². The Balaban J connectivity index is 2.17. The lowest BCUT2D eigenvalue weighted by Gasteiger charge is -2.19. The van der Waals surface area contributed by atoms with Crippen molar-refractivity contribution in [2.24, 2.45) is 0 Å². The molecule has 2 aromatic rings. The van der Waals surface area contributed by atoms with Crippen molar-refractivity contribution in [3.8, 4) is 6.07 Å². The Kier molecular flexibility index (Phi) is 3.46. The molecular formula is C14H14N2S. The van der Waals surface area contributed by atoms with Gasteiger partial charge in [-0.2, -0.15) is 16.6 Å². The summed E-state index contributed by atoms with van der Waals surface area (Å²) in [5, 5.41) is 13.1. The number of hydrogen-bond acceptors (Lipinski definition) is 3. The van der Waals surface area contributed by atoms with E-state index in [0.29, 0.717) is 0 Å². The molecule has 0 aliphatic rings. The van der Waals surface area contributed by atoms with Gasteiger partial charge in [0, 0.05) is 19.3 Å². The number of nitrogens with zero attached hydrogens (tertiary/aromatic N) is 2. The minimum Gasteiger partial charge on any atom is -0.370 e. The lowest BCUT2D eigenvalue weighted by atomic mass is 10.1. The summed E-state index contributed by atoms with van der Waals surface area (Å²) in [5.74, 6) is 0. The second kappa shape index (κ2) is 5.03. The Bertz CT molecular complexity index is 538. The van der Waals surface area contributed by atoms with Crippen molar-refractivity contribution in [3.05, 3.63) is 51.7 Å². The number of benzene rings is 1. The molecule has 0 fully saturated rings.